The van der Waals surface area contributed by atoms with Gasteiger partial charge in [-0.2, -0.15) is 0 Å². The summed E-state index contributed by atoms with van der Waals surface area (Å²) >= 11 is 0. The number of allylic oxidation sites excluding steroid dienone is 7. The van der Waals surface area contributed by atoms with Gasteiger partial charge in [0.1, 0.15) is 19.3 Å². The number of esters is 1. The van der Waals surface area contributed by atoms with E-state index >= 15 is 0 Å². The van der Waals surface area contributed by atoms with Crippen molar-refractivity contribution in [3.63, 3.8) is 0 Å². The first kappa shape index (κ1) is 79.0. The molecule has 10 heteroatoms. The van der Waals surface area contributed by atoms with Crippen molar-refractivity contribution in [1.82, 2.24) is 5.32 Å². The number of carbonyl (C=O) groups is 2. The SMILES string of the molecule is CCCCC/C=C\C/C=C\CCCCCCCCCCCCCCCC(=O)OC(/C=C/CCCCCCCCCCCCC)C(COP(=O)([O-])OCC[N+](C)(C)C)NC(=O)CCCCCCCCCCC/C=C/CCCCCCCC. The number of likely N-dealkylation sites (N-methyl/N-ethyl adjacent to an activating group) is 1. The molecule has 0 bridgehead atoms. The molecule has 3 atom stereocenters. The van der Waals surface area contributed by atoms with Gasteiger partial charge in [-0.25, -0.2) is 0 Å². The summed E-state index contributed by atoms with van der Waals surface area (Å²) in [6, 6.07) is -0.889. The minimum absolute atomic E-state index is 0.0215. The minimum atomic E-state index is -4.70. The van der Waals surface area contributed by atoms with Gasteiger partial charge in [-0.15, -0.1) is 0 Å². The average molecular weight is 1160 g/mol. The van der Waals surface area contributed by atoms with E-state index in [9.17, 15) is 19.0 Å². The summed E-state index contributed by atoms with van der Waals surface area (Å²) in [5.74, 6) is -0.529. The fourth-order valence-corrected chi connectivity index (χ4v) is 11.0. The van der Waals surface area contributed by atoms with E-state index in [-0.39, 0.29) is 31.5 Å². The lowest BCUT2D eigenvalue weighted by Gasteiger charge is -2.30. The van der Waals surface area contributed by atoms with Crippen LogP contribution in [0.15, 0.2) is 48.6 Å². The Bertz CT molecular complexity index is 1520. The van der Waals surface area contributed by atoms with Gasteiger partial charge >= 0.3 is 5.97 Å². The molecule has 476 valence electrons. The lowest BCUT2D eigenvalue weighted by Crippen LogP contribution is -2.47. The average Bonchev–Trinajstić information content (AvgIpc) is 3.44. The molecule has 0 aromatic heterocycles. The van der Waals surface area contributed by atoms with Gasteiger partial charge in [-0.05, 0) is 89.5 Å². The van der Waals surface area contributed by atoms with Crippen molar-refractivity contribution in [2.75, 3.05) is 40.9 Å². The van der Waals surface area contributed by atoms with Crippen LogP contribution >= 0.6 is 7.82 Å². The van der Waals surface area contributed by atoms with Gasteiger partial charge in [0.25, 0.3) is 7.82 Å². The number of rotatable bonds is 64. The van der Waals surface area contributed by atoms with Crippen molar-refractivity contribution in [3.8, 4) is 0 Å². The van der Waals surface area contributed by atoms with Crippen molar-refractivity contribution in [1.29, 1.82) is 0 Å². The smallest absolute Gasteiger partial charge is 0.306 e. The Morgan fingerprint density at radius 2 is 0.753 bits per heavy atom. The van der Waals surface area contributed by atoms with E-state index in [4.69, 9.17) is 13.8 Å². The molecule has 1 amide bonds. The predicted molar refractivity (Wildman–Crippen MR) is 349 cm³/mol. The number of unbranched alkanes of at least 4 members (excludes halogenated alkanes) is 42. The first-order valence-electron chi connectivity index (χ1n) is 34.9. The van der Waals surface area contributed by atoms with Crippen molar-refractivity contribution < 1.29 is 37.3 Å². The largest absolute Gasteiger partial charge is 0.756 e. The molecular formula is C71H135N2O7P. The Balaban J connectivity index is 5.12. The fourth-order valence-electron chi connectivity index (χ4n) is 10.3. The van der Waals surface area contributed by atoms with Gasteiger partial charge < -0.3 is 28.5 Å². The van der Waals surface area contributed by atoms with Crippen LogP contribution in [0.3, 0.4) is 0 Å². The van der Waals surface area contributed by atoms with E-state index in [2.05, 4.69) is 62.5 Å². The third kappa shape index (κ3) is 62.3. The highest BCUT2D eigenvalue weighted by atomic mass is 31.2. The predicted octanol–water partition coefficient (Wildman–Crippen LogP) is 21.4. The fraction of sp³-hybridized carbons (Fsp3) is 0.859. The number of hydrogen-bond donors (Lipinski definition) is 1. The molecule has 0 aliphatic heterocycles. The molecule has 0 spiro atoms. The summed E-state index contributed by atoms with van der Waals surface area (Å²) < 4.78 is 30.4. The van der Waals surface area contributed by atoms with Crippen LogP contribution in [-0.2, 0) is 27.9 Å². The number of amides is 1. The Labute approximate surface area is 503 Å². The zero-order valence-corrected chi connectivity index (χ0v) is 55.4. The summed E-state index contributed by atoms with van der Waals surface area (Å²) in [6.07, 6.45) is 76.5. The molecule has 0 aliphatic rings. The number of ether oxygens (including phenoxy) is 1. The van der Waals surface area contributed by atoms with Crippen LogP contribution < -0.4 is 10.2 Å². The van der Waals surface area contributed by atoms with Crippen molar-refractivity contribution in [3.05, 3.63) is 48.6 Å². The van der Waals surface area contributed by atoms with Gasteiger partial charge in [0.05, 0.1) is 33.8 Å². The van der Waals surface area contributed by atoms with E-state index in [1.807, 2.05) is 33.3 Å². The van der Waals surface area contributed by atoms with Gasteiger partial charge in [-0.3, -0.25) is 14.2 Å². The monoisotopic (exact) mass is 1160 g/mol. The third-order valence-corrected chi connectivity index (χ3v) is 16.7. The second-order valence-corrected chi connectivity index (χ2v) is 26.4. The first-order chi connectivity index (χ1) is 39.4. The van der Waals surface area contributed by atoms with Crippen molar-refractivity contribution >= 4 is 19.7 Å². The summed E-state index contributed by atoms with van der Waals surface area (Å²) in [5, 5.41) is 3.05. The van der Waals surface area contributed by atoms with E-state index < -0.39 is 20.0 Å². The number of quaternary nitrogens is 1. The zero-order valence-electron chi connectivity index (χ0n) is 54.5. The lowest BCUT2D eigenvalue weighted by atomic mass is 10.0. The van der Waals surface area contributed by atoms with Gasteiger partial charge in [-0.1, -0.05) is 288 Å². The van der Waals surface area contributed by atoms with Crippen LogP contribution in [0.2, 0.25) is 0 Å². The summed E-state index contributed by atoms with van der Waals surface area (Å²) in [4.78, 5) is 40.2. The van der Waals surface area contributed by atoms with E-state index in [0.29, 0.717) is 17.4 Å². The topological polar surface area (TPSA) is 114 Å². The molecular weight excluding hydrogens is 1020 g/mol. The van der Waals surface area contributed by atoms with Crippen LogP contribution in [0.5, 0.6) is 0 Å². The molecule has 0 radical (unpaired) electrons. The second-order valence-electron chi connectivity index (χ2n) is 25.0. The Kier molecular flexibility index (Phi) is 59.5. The summed E-state index contributed by atoms with van der Waals surface area (Å²) in [5.41, 5.74) is 0. The molecule has 0 saturated heterocycles. The number of nitrogens with one attached hydrogen (secondary N) is 1. The molecule has 0 aromatic rings. The molecule has 3 unspecified atom stereocenters. The number of hydrogen-bond acceptors (Lipinski definition) is 7. The highest BCUT2D eigenvalue weighted by Crippen LogP contribution is 2.38. The molecule has 0 saturated carbocycles. The Morgan fingerprint density at radius 1 is 0.432 bits per heavy atom. The molecule has 9 nitrogen and oxygen atoms in total. The normalized spacial score (nSPS) is 13.8. The maximum atomic E-state index is 13.6. The maximum Gasteiger partial charge on any atom is 0.306 e. The highest BCUT2D eigenvalue weighted by Gasteiger charge is 2.27. The summed E-state index contributed by atoms with van der Waals surface area (Å²) in [7, 11) is 1.19. The molecule has 0 heterocycles. The Morgan fingerprint density at radius 3 is 1.15 bits per heavy atom. The summed E-state index contributed by atoms with van der Waals surface area (Å²) in [6.45, 7) is 6.86. The minimum Gasteiger partial charge on any atom is -0.756 e. The maximum absolute atomic E-state index is 13.6. The van der Waals surface area contributed by atoms with Gasteiger partial charge in [0.15, 0.2) is 0 Å². The zero-order chi connectivity index (χ0) is 59.3. The van der Waals surface area contributed by atoms with E-state index in [0.717, 1.165) is 64.2 Å². The van der Waals surface area contributed by atoms with Gasteiger partial charge in [0, 0.05) is 12.8 Å². The van der Waals surface area contributed by atoms with Crippen molar-refractivity contribution in [2.24, 2.45) is 0 Å². The van der Waals surface area contributed by atoms with Crippen LogP contribution in [0, 0.1) is 0 Å². The third-order valence-electron chi connectivity index (χ3n) is 15.7. The number of phosphoric acid groups is 1. The molecule has 0 aliphatic carbocycles. The standard InChI is InChI=1S/C71H135N2O7P/c1-7-10-13-16-19-22-25-28-30-32-34-35-36-37-39-41-43-46-49-52-55-58-61-64-71(75)80-69(62-59-56-53-50-47-44-27-24-21-18-15-12-9-3)68(67-79-81(76,77)78-66-65-73(4,5)6)72-70(74)63-60-57-54-51-48-45-42-40-38-33-31-29-26-23-20-17-14-11-8-2/h19,22,28-31,59,62,68-69H,7-18,20-21,23-27,32-58,60-61,63-67H2,1-6H3,(H-,72,74,76,77)/b22-19-,30-28-,31-29+,62-59+. The van der Waals surface area contributed by atoms with Crippen LogP contribution in [-0.4, -0.2) is 69.4 Å². The van der Waals surface area contributed by atoms with Gasteiger partial charge in [0.2, 0.25) is 5.91 Å². The molecule has 0 rings (SSSR count). The quantitative estimate of drug-likeness (QED) is 0.0212. The van der Waals surface area contributed by atoms with Crippen LogP contribution in [0.25, 0.3) is 0 Å². The Hall–Kier alpha value is -2.03. The highest BCUT2D eigenvalue weighted by molar-refractivity contribution is 7.45. The van der Waals surface area contributed by atoms with Crippen LogP contribution in [0.1, 0.15) is 342 Å². The first-order valence-corrected chi connectivity index (χ1v) is 36.4. The molecule has 0 aromatic carbocycles. The van der Waals surface area contributed by atoms with Crippen LogP contribution in [0.4, 0.5) is 0 Å². The number of nitrogens with zero attached hydrogens (tertiary/aromatic N) is 1. The lowest BCUT2D eigenvalue weighted by molar-refractivity contribution is -0.870. The van der Waals surface area contributed by atoms with Crippen molar-refractivity contribution in [2.45, 2.75) is 354 Å². The number of phosphoric ester groups is 1. The molecule has 81 heavy (non-hydrogen) atoms. The van der Waals surface area contributed by atoms with E-state index in [1.54, 1.807) is 0 Å². The molecule has 0 fully saturated rings. The second kappa shape index (κ2) is 61.1. The van der Waals surface area contributed by atoms with E-state index in [1.165, 1.54) is 244 Å². The molecule has 1 N–H and O–H groups in total. The number of carbonyl (C=O) groups excluding carboxylic acids is 2.